The molecule has 1 aliphatic carbocycles. The topological polar surface area (TPSA) is 30.5 Å². The summed E-state index contributed by atoms with van der Waals surface area (Å²) in [5.41, 5.74) is 0. The molecule has 2 rings (SSSR count). The number of benzene rings is 1. The van der Waals surface area contributed by atoms with Crippen molar-refractivity contribution in [2.45, 2.75) is 38.0 Å². The van der Waals surface area contributed by atoms with Crippen molar-refractivity contribution >= 4 is 11.6 Å². The first-order chi connectivity index (χ1) is 9.15. The Kier molecular flexibility index (Phi) is 5.02. The fourth-order valence-corrected chi connectivity index (χ4v) is 2.35. The van der Waals surface area contributed by atoms with Crippen LogP contribution in [0.5, 0.6) is 5.75 Å². The molecule has 1 aromatic carbocycles. The fraction of sp³-hybridized carbons (Fsp3) is 0.571. The first-order valence-corrected chi connectivity index (χ1v) is 6.94. The SMILES string of the molecule is CCCOC1C(NC)CC1Oc1ccc(F)c(Cl)c1. The number of hydrogen-bond donors (Lipinski definition) is 1. The molecule has 0 amide bonds. The van der Waals surface area contributed by atoms with Crippen molar-refractivity contribution in [3.05, 3.63) is 29.0 Å². The molecular formula is C14H19ClFNO2. The predicted molar refractivity (Wildman–Crippen MR) is 73.3 cm³/mol. The van der Waals surface area contributed by atoms with Crippen molar-refractivity contribution in [3.8, 4) is 5.75 Å². The summed E-state index contributed by atoms with van der Waals surface area (Å²) in [7, 11) is 1.91. The highest BCUT2D eigenvalue weighted by molar-refractivity contribution is 6.30. The highest BCUT2D eigenvalue weighted by Crippen LogP contribution is 2.30. The minimum absolute atomic E-state index is 0.00877. The average Bonchev–Trinajstić information content (AvgIpc) is 2.38. The van der Waals surface area contributed by atoms with Gasteiger partial charge in [0.2, 0.25) is 0 Å². The summed E-state index contributed by atoms with van der Waals surface area (Å²) < 4.78 is 24.7. The van der Waals surface area contributed by atoms with Crippen LogP contribution in [-0.2, 0) is 4.74 Å². The molecule has 1 saturated carbocycles. The zero-order valence-electron chi connectivity index (χ0n) is 11.2. The van der Waals surface area contributed by atoms with E-state index in [9.17, 15) is 4.39 Å². The molecule has 0 aromatic heterocycles. The minimum atomic E-state index is -0.436. The monoisotopic (exact) mass is 287 g/mol. The molecule has 106 valence electrons. The van der Waals surface area contributed by atoms with Crippen LogP contribution in [0.1, 0.15) is 19.8 Å². The Hall–Kier alpha value is -0.840. The van der Waals surface area contributed by atoms with Gasteiger partial charge in [-0.2, -0.15) is 0 Å². The summed E-state index contributed by atoms with van der Waals surface area (Å²) in [5, 5.41) is 3.28. The second kappa shape index (κ2) is 6.55. The van der Waals surface area contributed by atoms with Gasteiger partial charge in [-0.25, -0.2) is 4.39 Å². The van der Waals surface area contributed by atoms with E-state index in [1.54, 1.807) is 6.07 Å². The van der Waals surface area contributed by atoms with Crippen molar-refractivity contribution in [3.63, 3.8) is 0 Å². The molecule has 0 aliphatic heterocycles. The standard InChI is InChI=1S/C14H19ClFNO2/c1-3-6-18-14-12(17-2)8-13(14)19-9-4-5-11(16)10(15)7-9/h4-5,7,12-14,17H,3,6,8H2,1-2H3. The van der Waals surface area contributed by atoms with Gasteiger partial charge in [-0.05, 0) is 25.6 Å². The first-order valence-electron chi connectivity index (χ1n) is 6.56. The number of halogens is 2. The van der Waals surface area contributed by atoms with Crippen molar-refractivity contribution in [2.75, 3.05) is 13.7 Å². The summed E-state index contributed by atoms with van der Waals surface area (Å²) in [5.74, 6) is 0.144. The smallest absolute Gasteiger partial charge is 0.142 e. The van der Waals surface area contributed by atoms with Crippen molar-refractivity contribution < 1.29 is 13.9 Å². The molecule has 5 heteroatoms. The molecule has 3 nitrogen and oxygen atoms in total. The van der Waals surface area contributed by atoms with E-state index in [0.29, 0.717) is 18.4 Å². The number of likely N-dealkylation sites (N-methyl/N-ethyl adjacent to an activating group) is 1. The third kappa shape index (κ3) is 3.38. The summed E-state index contributed by atoms with van der Waals surface area (Å²) in [4.78, 5) is 0. The first kappa shape index (κ1) is 14.6. The van der Waals surface area contributed by atoms with E-state index in [1.807, 2.05) is 7.05 Å². The van der Waals surface area contributed by atoms with Crippen molar-refractivity contribution in [1.29, 1.82) is 0 Å². The lowest BCUT2D eigenvalue weighted by atomic mass is 9.85. The van der Waals surface area contributed by atoms with Crippen LogP contribution in [0.25, 0.3) is 0 Å². The van der Waals surface area contributed by atoms with Crippen LogP contribution in [0, 0.1) is 5.82 Å². The van der Waals surface area contributed by atoms with Gasteiger partial charge < -0.3 is 14.8 Å². The van der Waals surface area contributed by atoms with Gasteiger partial charge in [0, 0.05) is 25.1 Å². The lowest BCUT2D eigenvalue weighted by Crippen LogP contribution is -2.60. The lowest BCUT2D eigenvalue weighted by molar-refractivity contribution is -0.106. The predicted octanol–water partition coefficient (Wildman–Crippen LogP) is 3.01. The van der Waals surface area contributed by atoms with E-state index in [-0.39, 0.29) is 17.2 Å². The Bertz CT molecular complexity index is 430. The van der Waals surface area contributed by atoms with Crippen LogP contribution < -0.4 is 10.1 Å². The second-order valence-corrected chi connectivity index (χ2v) is 5.11. The van der Waals surface area contributed by atoms with E-state index in [4.69, 9.17) is 21.1 Å². The highest BCUT2D eigenvalue weighted by atomic mass is 35.5. The number of hydrogen-bond acceptors (Lipinski definition) is 3. The Balaban J connectivity index is 1.96. The van der Waals surface area contributed by atoms with E-state index >= 15 is 0 Å². The molecule has 1 aromatic rings. The molecule has 19 heavy (non-hydrogen) atoms. The molecule has 0 saturated heterocycles. The third-order valence-corrected chi connectivity index (χ3v) is 3.60. The molecule has 3 unspecified atom stereocenters. The Morgan fingerprint density at radius 2 is 2.26 bits per heavy atom. The average molecular weight is 288 g/mol. The molecular weight excluding hydrogens is 269 g/mol. The van der Waals surface area contributed by atoms with Crippen LogP contribution in [0.2, 0.25) is 5.02 Å². The Morgan fingerprint density at radius 3 is 2.89 bits per heavy atom. The molecule has 3 atom stereocenters. The molecule has 1 aliphatic rings. The Labute approximate surface area is 118 Å². The number of rotatable bonds is 6. The van der Waals surface area contributed by atoms with Gasteiger partial charge in [-0.3, -0.25) is 0 Å². The molecule has 1 N–H and O–H groups in total. The van der Waals surface area contributed by atoms with Gasteiger partial charge in [0.05, 0.1) is 5.02 Å². The van der Waals surface area contributed by atoms with Gasteiger partial charge >= 0.3 is 0 Å². The summed E-state index contributed by atoms with van der Waals surface area (Å²) in [6.45, 7) is 2.79. The maximum atomic E-state index is 13.1. The second-order valence-electron chi connectivity index (χ2n) is 4.70. The molecule has 1 fully saturated rings. The molecule has 0 spiro atoms. The van der Waals surface area contributed by atoms with Gasteiger partial charge in [-0.1, -0.05) is 18.5 Å². The van der Waals surface area contributed by atoms with E-state index < -0.39 is 5.82 Å². The van der Waals surface area contributed by atoms with Gasteiger partial charge in [0.25, 0.3) is 0 Å². The zero-order chi connectivity index (χ0) is 13.8. The van der Waals surface area contributed by atoms with Crippen LogP contribution in [0.3, 0.4) is 0 Å². The Morgan fingerprint density at radius 1 is 1.47 bits per heavy atom. The quantitative estimate of drug-likeness (QED) is 0.872. The molecule has 0 heterocycles. The van der Waals surface area contributed by atoms with E-state index in [2.05, 4.69) is 12.2 Å². The largest absolute Gasteiger partial charge is 0.488 e. The van der Waals surface area contributed by atoms with Crippen LogP contribution >= 0.6 is 11.6 Å². The van der Waals surface area contributed by atoms with Crippen LogP contribution in [0.15, 0.2) is 18.2 Å². The normalized spacial score (nSPS) is 26.0. The maximum absolute atomic E-state index is 13.1. The van der Waals surface area contributed by atoms with E-state index in [0.717, 1.165) is 12.8 Å². The fourth-order valence-electron chi connectivity index (χ4n) is 2.18. The van der Waals surface area contributed by atoms with Gasteiger partial charge in [0.1, 0.15) is 23.8 Å². The number of nitrogens with one attached hydrogen (secondary N) is 1. The summed E-state index contributed by atoms with van der Waals surface area (Å²) >= 11 is 5.74. The summed E-state index contributed by atoms with van der Waals surface area (Å²) in [6.07, 6.45) is 1.88. The summed E-state index contributed by atoms with van der Waals surface area (Å²) in [6, 6.07) is 4.71. The van der Waals surface area contributed by atoms with Gasteiger partial charge in [-0.15, -0.1) is 0 Å². The lowest BCUT2D eigenvalue weighted by Gasteiger charge is -2.43. The van der Waals surface area contributed by atoms with Crippen LogP contribution in [0.4, 0.5) is 4.39 Å². The highest BCUT2D eigenvalue weighted by Gasteiger charge is 2.42. The van der Waals surface area contributed by atoms with Gasteiger partial charge in [0.15, 0.2) is 0 Å². The molecule has 0 bridgehead atoms. The zero-order valence-corrected chi connectivity index (χ0v) is 11.9. The van der Waals surface area contributed by atoms with Crippen molar-refractivity contribution in [1.82, 2.24) is 5.32 Å². The van der Waals surface area contributed by atoms with Crippen molar-refractivity contribution in [2.24, 2.45) is 0 Å². The third-order valence-electron chi connectivity index (χ3n) is 3.31. The van der Waals surface area contributed by atoms with E-state index in [1.165, 1.54) is 12.1 Å². The molecule has 0 radical (unpaired) electrons. The minimum Gasteiger partial charge on any atom is -0.488 e. The van der Waals surface area contributed by atoms with Crippen LogP contribution in [-0.4, -0.2) is 31.9 Å². The maximum Gasteiger partial charge on any atom is 0.142 e. The number of ether oxygens (including phenoxy) is 2.